The minimum atomic E-state index is 0.0134. The molecule has 1 fully saturated rings. The third-order valence-electron chi connectivity index (χ3n) is 4.78. The number of hydrogen-bond acceptors (Lipinski definition) is 3. The Morgan fingerprint density at radius 2 is 2.10 bits per heavy atom. The number of amides is 2. The van der Waals surface area contributed by atoms with Gasteiger partial charge in [-0.3, -0.25) is 9.59 Å². The highest BCUT2D eigenvalue weighted by molar-refractivity contribution is 6.10. The van der Waals surface area contributed by atoms with Gasteiger partial charge in [0.25, 0.3) is 0 Å². The molecule has 0 bridgehead atoms. The van der Waals surface area contributed by atoms with Gasteiger partial charge in [-0.1, -0.05) is 13.0 Å². The van der Waals surface area contributed by atoms with Gasteiger partial charge in [-0.05, 0) is 36.1 Å². The maximum Gasteiger partial charge on any atom is 0.243 e. The zero-order chi connectivity index (χ0) is 14.7. The Hall–Kier alpha value is -2.17. The van der Waals surface area contributed by atoms with Crippen molar-refractivity contribution < 1.29 is 9.59 Å². The zero-order valence-corrected chi connectivity index (χ0v) is 12.1. The number of benzene rings is 1. The number of carbonyl (C=O) groups is 2. The predicted octanol–water partition coefficient (Wildman–Crippen LogP) is 1.31. The van der Waals surface area contributed by atoms with Crippen LogP contribution >= 0.6 is 0 Å². The molecule has 5 heteroatoms. The SMILES string of the molecule is CC1Cc2cc(C3=NNC(=O)C4CC34)ccc2N(C)C1=O. The number of carbonyl (C=O) groups excluding carboxylic acids is 2. The van der Waals surface area contributed by atoms with Crippen molar-refractivity contribution in [1.29, 1.82) is 0 Å². The second kappa shape index (κ2) is 4.16. The molecule has 1 saturated carbocycles. The lowest BCUT2D eigenvalue weighted by Gasteiger charge is -2.30. The topological polar surface area (TPSA) is 61.8 Å². The molecule has 21 heavy (non-hydrogen) atoms. The van der Waals surface area contributed by atoms with Crippen LogP contribution in [0.3, 0.4) is 0 Å². The third kappa shape index (κ3) is 1.80. The number of hydrogen-bond donors (Lipinski definition) is 1. The molecular weight excluding hydrogens is 266 g/mol. The van der Waals surface area contributed by atoms with E-state index in [-0.39, 0.29) is 29.6 Å². The summed E-state index contributed by atoms with van der Waals surface area (Å²) in [7, 11) is 1.83. The van der Waals surface area contributed by atoms with Gasteiger partial charge in [0, 0.05) is 30.5 Å². The second-order valence-corrected chi connectivity index (χ2v) is 6.27. The smallest absolute Gasteiger partial charge is 0.243 e. The molecule has 2 amide bonds. The molecule has 5 nitrogen and oxygen atoms in total. The normalized spacial score (nSPS) is 30.3. The number of fused-ring (bicyclic) bond motifs is 2. The summed E-state index contributed by atoms with van der Waals surface area (Å²) in [4.78, 5) is 25.3. The lowest BCUT2D eigenvalue weighted by molar-refractivity contribution is -0.123. The quantitative estimate of drug-likeness (QED) is 0.844. The number of rotatable bonds is 1. The zero-order valence-electron chi connectivity index (χ0n) is 12.1. The lowest BCUT2D eigenvalue weighted by atomic mass is 9.90. The maximum atomic E-state index is 12.0. The fraction of sp³-hybridized carbons (Fsp3) is 0.438. The van der Waals surface area contributed by atoms with Crippen molar-refractivity contribution in [1.82, 2.24) is 5.43 Å². The minimum absolute atomic E-state index is 0.0134. The van der Waals surface area contributed by atoms with E-state index in [1.165, 1.54) is 5.56 Å². The van der Waals surface area contributed by atoms with Crippen LogP contribution in [0.5, 0.6) is 0 Å². The van der Waals surface area contributed by atoms with E-state index < -0.39 is 0 Å². The molecule has 3 atom stereocenters. The summed E-state index contributed by atoms with van der Waals surface area (Å²) in [5.74, 6) is 0.605. The van der Waals surface area contributed by atoms with Crippen LogP contribution in [0.4, 0.5) is 5.69 Å². The molecule has 2 aliphatic heterocycles. The number of nitrogens with one attached hydrogen (secondary N) is 1. The fourth-order valence-electron chi connectivity index (χ4n) is 3.45. The summed E-state index contributed by atoms with van der Waals surface area (Å²) in [6, 6.07) is 6.12. The highest BCUT2D eigenvalue weighted by Gasteiger charge is 2.49. The third-order valence-corrected chi connectivity index (χ3v) is 4.78. The van der Waals surface area contributed by atoms with E-state index >= 15 is 0 Å². The van der Waals surface area contributed by atoms with Gasteiger partial charge >= 0.3 is 0 Å². The largest absolute Gasteiger partial charge is 0.315 e. The molecule has 1 aliphatic carbocycles. The van der Waals surface area contributed by atoms with Crippen LogP contribution in [0.2, 0.25) is 0 Å². The average Bonchev–Trinajstić information content (AvgIpc) is 3.26. The van der Waals surface area contributed by atoms with Gasteiger partial charge in [-0.25, -0.2) is 5.43 Å². The first-order valence-corrected chi connectivity index (χ1v) is 7.34. The summed E-state index contributed by atoms with van der Waals surface area (Å²) in [6.45, 7) is 1.96. The van der Waals surface area contributed by atoms with Crippen molar-refractivity contribution in [2.24, 2.45) is 22.9 Å². The van der Waals surface area contributed by atoms with E-state index in [0.29, 0.717) is 0 Å². The summed E-state index contributed by atoms with van der Waals surface area (Å²) in [5, 5.41) is 4.24. The van der Waals surface area contributed by atoms with Crippen LogP contribution in [-0.4, -0.2) is 24.6 Å². The van der Waals surface area contributed by atoms with Gasteiger partial charge < -0.3 is 4.90 Å². The van der Waals surface area contributed by atoms with Crippen molar-refractivity contribution in [3.63, 3.8) is 0 Å². The first kappa shape index (κ1) is 12.6. The highest BCUT2D eigenvalue weighted by Crippen LogP contribution is 2.44. The summed E-state index contributed by atoms with van der Waals surface area (Å²) < 4.78 is 0. The molecule has 1 aromatic carbocycles. The van der Waals surface area contributed by atoms with E-state index in [9.17, 15) is 9.59 Å². The molecule has 0 aromatic heterocycles. The first-order chi connectivity index (χ1) is 10.1. The number of anilines is 1. The van der Waals surface area contributed by atoms with Crippen molar-refractivity contribution in [2.45, 2.75) is 19.8 Å². The standard InChI is InChI=1S/C16H17N3O2/c1-8-5-10-6-9(3-4-13(10)19(2)16(8)21)14-11-7-12(11)15(20)18-17-14/h3-4,6,8,11-12H,5,7H2,1-2H3,(H,18,20). The Bertz CT molecular complexity index is 695. The Kier molecular flexibility index (Phi) is 2.49. The monoisotopic (exact) mass is 283 g/mol. The number of nitrogens with zero attached hydrogens (tertiary/aromatic N) is 2. The van der Waals surface area contributed by atoms with Gasteiger partial charge in [-0.2, -0.15) is 5.10 Å². The molecule has 3 aliphatic rings. The maximum absolute atomic E-state index is 12.0. The van der Waals surface area contributed by atoms with Crippen molar-refractivity contribution in [3.05, 3.63) is 29.3 Å². The van der Waals surface area contributed by atoms with Crippen molar-refractivity contribution in [2.75, 3.05) is 11.9 Å². The molecule has 108 valence electrons. The van der Waals surface area contributed by atoms with Gasteiger partial charge in [0.15, 0.2) is 0 Å². The molecule has 1 N–H and O–H groups in total. The van der Waals surface area contributed by atoms with Crippen LogP contribution in [0, 0.1) is 17.8 Å². The van der Waals surface area contributed by atoms with Crippen LogP contribution in [0.15, 0.2) is 23.3 Å². The molecule has 3 unspecified atom stereocenters. The number of hydrazone groups is 1. The van der Waals surface area contributed by atoms with Gasteiger partial charge in [-0.15, -0.1) is 0 Å². The fourth-order valence-corrected chi connectivity index (χ4v) is 3.45. The summed E-state index contributed by atoms with van der Waals surface area (Å²) in [6.07, 6.45) is 1.66. The van der Waals surface area contributed by atoms with Crippen molar-refractivity contribution in [3.8, 4) is 0 Å². The molecule has 4 rings (SSSR count). The van der Waals surface area contributed by atoms with E-state index in [1.807, 2.05) is 26.1 Å². The first-order valence-electron chi connectivity index (χ1n) is 7.34. The second-order valence-electron chi connectivity index (χ2n) is 6.27. The Morgan fingerprint density at radius 1 is 1.29 bits per heavy atom. The van der Waals surface area contributed by atoms with Gasteiger partial charge in [0.05, 0.1) is 5.71 Å². The van der Waals surface area contributed by atoms with Crippen LogP contribution in [0.25, 0.3) is 0 Å². The van der Waals surface area contributed by atoms with Crippen LogP contribution in [-0.2, 0) is 16.0 Å². The molecule has 0 saturated heterocycles. The summed E-state index contributed by atoms with van der Waals surface area (Å²) >= 11 is 0. The summed E-state index contributed by atoms with van der Waals surface area (Å²) in [5.41, 5.74) is 6.82. The highest BCUT2D eigenvalue weighted by atomic mass is 16.2. The van der Waals surface area contributed by atoms with Crippen LogP contribution in [0.1, 0.15) is 24.5 Å². The van der Waals surface area contributed by atoms with E-state index in [4.69, 9.17) is 0 Å². The van der Waals surface area contributed by atoms with Crippen molar-refractivity contribution >= 4 is 23.2 Å². The molecule has 0 spiro atoms. The average molecular weight is 283 g/mol. The Labute approximate surface area is 123 Å². The molecule has 1 aromatic rings. The van der Waals surface area contributed by atoms with E-state index in [0.717, 1.165) is 29.8 Å². The molecule has 0 radical (unpaired) electrons. The van der Waals surface area contributed by atoms with Gasteiger partial charge in [0.1, 0.15) is 0 Å². The predicted molar refractivity (Wildman–Crippen MR) is 79.0 cm³/mol. The van der Waals surface area contributed by atoms with E-state index in [2.05, 4.69) is 16.6 Å². The van der Waals surface area contributed by atoms with E-state index in [1.54, 1.807) is 4.90 Å². The Balaban J connectivity index is 1.72. The molecule has 2 heterocycles. The van der Waals surface area contributed by atoms with Gasteiger partial charge in [0.2, 0.25) is 11.8 Å². The Morgan fingerprint density at radius 3 is 2.90 bits per heavy atom. The lowest BCUT2D eigenvalue weighted by Crippen LogP contribution is -2.37. The molecular formula is C16H17N3O2. The minimum Gasteiger partial charge on any atom is -0.315 e. The van der Waals surface area contributed by atoms with Crippen LogP contribution < -0.4 is 10.3 Å².